The first kappa shape index (κ1) is 68.9. The number of nitrogens with zero attached hydrogens (tertiary/aromatic N) is 1. The summed E-state index contributed by atoms with van der Waals surface area (Å²) in [4.78, 5) is 0. The van der Waals surface area contributed by atoms with Crippen LogP contribution in [-0.2, 0) is 10.1 Å². The molecule has 0 saturated heterocycles. The third kappa shape index (κ3) is 57.0. The molecule has 0 aliphatic carbocycles. The Hall–Kier alpha value is -0.130. The number of hydrogen-bond acceptors (Lipinski definition) is 2. The van der Waals surface area contributed by atoms with E-state index in [9.17, 15) is 13.0 Å². The van der Waals surface area contributed by atoms with Gasteiger partial charge < -0.3 is 4.48 Å². The molecule has 0 spiro atoms. The summed E-state index contributed by atoms with van der Waals surface area (Å²) in [5, 5.41) is 0. The second-order valence-corrected chi connectivity index (χ2v) is 24.7. The van der Waals surface area contributed by atoms with Crippen LogP contribution in [0.3, 0.4) is 0 Å². The summed E-state index contributed by atoms with van der Waals surface area (Å²) in [6.07, 6.45) is 78.3. The lowest BCUT2D eigenvalue weighted by Gasteiger charge is -2.38. The summed E-state index contributed by atoms with van der Waals surface area (Å²) < 4.78 is 36.1. The standard InChI is InChI=1S/C64H131NO3S/c1-4-7-10-13-16-19-22-25-28-31-34-37-40-43-46-49-52-55-58-61-65(64-69(66,67)68,62-59-56-53-50-47-44-41-38-35-32-29-26-23-20-17-14-11-8-5-2)63-60-57-54-51-48-45-42-39-36-33-30-27-24-21-18-15-12-9-6-3/h4-64H2,1-3H3/p+1. The third-order valence-corrected chi connectivity index (χ3v) is 17.0. The monoisotopic (exact) mass is 995 g/mol. The molecule has 1 N–H and O–H groups in total. The van der Waals surface area contributed by atoms with E-state index in [-0.39, 0.29) is 5.88 Å². The van der Waals surface area contributed by atoms with Gasteiger partial charge in [-0.25, -0.2) is 0 Å². The Labute approximate surface area is 437 Å². The minimum Gasteiger partial charge on any atom is -0.309 e. The Morgan fingerprint density at radius 3 is 0.449 bits per heavy atom. The predicted molar refractivity (Wildman–Crippen MR) is 311 cm³/mol. The fourth-order valence-corrected chi connectivity index (χ4v) is 12.5. The molecule has 0 aromatic heterocycles. The van der Waals surface area contributed by atoms with Crippen LogP contribution >= 0.6 is 0 Å². The second kappa shape index (κ2) is 57.2. The topological polar surface area (TPSA) is 54.4 Å². The first-order valence-electron chi connectivity index (χ1n) is 32.7. The van der Waals surface area contributed by atoms with Gasteiger partial charge in [-0.1, -0.05) is 348 Å². The van der Waals surface area contributed by atoms with Crippen molar-refractivity contribution >= 4 is 10.1 Å². The summed E-state index contributed by atoms with van der Waals surface area (Å²) in [5.41, 5.74) is 0. The quantitative estimate of drug-likeness (QED) is 0.0375. The molecule has 416 valence electrons. The molecule has 5 heteroatoms. The summed E-state index contributed by atoms with van der Waals surface area (Å²) in [6, 6.07) is 0. The SMILES string of the molecule is CCCCCCCCCCCCCCCCCCCCC[N+](CCCCCCCCCCCCCCCCCCCCC)(CCCCCCCCCCCCCCCCCCCCC)CS(=O)(=O)O. The first-order valence-corrected chi connectivity index (χ1v) is 34.3. The van der Waals surface area contributed by atoms with E-state index in [1.807, 2.05) is 0 Å². The van der Waals surface area contributed by atoms with Gasteiger partial charge in [0.25, 0.3) is 0 Å². The average molecular weight is 996 g/mol. The molecule has 0 unspecified atom stereocenters. The van der Waals surface area contributed by atoms with E-state index in [4.69, 9.17) is 0 Å². The lowest BCUT2D eigenvalue weighted by molar-refractivity contribution is -0.918. The van der Waals surface area contributed by atoms with Crippen LogP contribution < -0.4 is 0 Å². The predicted octanol–water partition coefficient (Wildman–Crippen LogP) is 22.9. The lowest BCUT2D eigenvalue weighted by atomic mass is 10.0. The van der Waals surface area contributed by atoms with Crippen molar-refractivity contribution < 1.29 is 17.5 Å². The van der Waals surface area contributed by atoms with Crippen LogP contribution in [0.4, 0.5) is 0 Å². The minimum absolute atomic E-state index is 0.0792. The van der Waals surface area contributed by atoms with Gasteiger partial charge in [0.1, 0.15) is 0 Å². The molecule has 0 saturated carbocycles. The van der Waals surface area contributed by atoms with Gasteiger partial charge in [0.05, 0.1) is 19.6 Å². The third-order valence-electron chi connectivity index (χ3n) is 16.1. The minimum atomic E-state index is -4.03. The highest BCUT2D eigenvalue weighted by molar-refractivity contribution is 7.85. The van der Waals surface area contributed by atoms with Gasteiger partial charge in [0.15, 0.2) is 0 Å². The molecule has 0 heterocycles. The van der Waals surface area contributed by atoms with Crippen molar-refractivity contribution in [3.8, 4) is 0 Å². The molecule has 0 atom stereocenters. The molecule has 69 heavy (non-hydrogen) atoms. The molecular weight excluding hydrogens is 863 g/mol. The van der Waals surface area contributed by atoms with Crippen molar-refractivity contribution in [3.05, 3.63) is 0 Å². The number of rotatable bonds is 62. The average Bonchev–Trinajstić information content (AvgIpc) is 3.33. The van der Waals surface area contributed by atoms with Gasteiger partial charge in [-0.2, -0.15) is 8.42 Å². The molecule has 0 amide bonds. The molecule has 0 aromatic rings. The Bertz CT molecular complexity index is 945. The molecular formula is C64H132NO3S+. The molecule has 0 aliphatic rings. The maximum Gasteiger partial charge on any atom is 0.316 e. The van der Waals surface area contributed by atoms with Gasteiger partial charge >= 0.3 is 10.1 Å². The van der Waals surface area contributed by atoms with Crippen LogP contribution in [-0.4, -0.2) is 43.0 Å². The highest BCUT2D eigenvalue weighted by atomic mass is 32.2. The van der Waals surface area contributed by atoms with Gasteiger partial charge in [-0.3, -0.25) is 4.55 Å². The van der Waals surface area contributed by atoms with Crippen molar-refractivity contribution in [1.82, 2.24) is 0 Å². The van der Waals surface area contributed by atoms with Crippen LogP contribution in [0.1, 0.15) is 387 Å². The normalized spacial score (nSPS) is 12.2. The van der Waals surface area contributed by atoms with Crippen LogP contribution in [0, 0.1) is 0 Å². The molecule has 0 fully saturated rings. The largest absolute Gasteiger partial charge is 0.316 e. The molecule has 0 rings (SSSR count). The first-order chi connectivity index (χ1) is 33.9. The summed E-state index contributed by atoms with van der Waals surface area (Å²) in [7, 11) is -4.03. The van der Waals surface area contributed by atoms with Crippen molar-refractivity contribution in [1.29, 1.82) is 0 Å². The molecule has 0 aromatic carbocycles. The van der Waals surface area contributed by atoms with E-state index in [1.165, 1.54) is 347 Å². The molecule has 4 nitrogen and oxygen atoms in total. The van der Waals surface area contributed by atoms with E-state index >= 15 is 0 Å². The van der Waals surface area contributed by atoms with Crippen LogP contribution in [0.15, 0.2) is 0 Å². The van der Waals surface area contributed by atoms with Crippen molar-refractivity contribution in [2.75, 3.05) is 25.5 Å². The fourth-order valence-electron chi connectivity index (χ4n) is 11.5. The Balaban J connectivity index is 4.49. The van der Waals surface area contributed by atoms with E-state index in [2.05, 4.69) is 20.8 Å². The Morgan fingerprint density at radius 2 is 0.333 bits per heavy atom. The van der Waals surface area contributed by atoms with E-state index in [0.717, 1.165) is 38.9 Å². The van der Waals surface area contributed by atoms with E-state index < -0.39 is 10.1 Å². The zero-order valence-electron chi connectivity index (χ0n) is 48.3. The summed E-state index contributed by atoms with van der Waals surface area (Å²) in [6.45, 7) is 9.65. The van der Waals surface area contributed by atoms with Crippen molar-refractivity contribution in [2.45, 2.75) is 387 Å². The zero-order chi connectivity index (χ0) is 50.1. The van der Waals surface area contributed by atoms with Crippen LogP contribution in [0.2, 0.25) is 0 Å². The van der Waals surface area contributed by atoms with Gasteiger partial charge in [-0.15, -0.1) is 0 Å². The smallest absolute Gasteiger partial charge is 0.309 e. The summed E-state index contributed by atoms with van der Waals surface area (Å²) in [5.74, 6) is -0.0792. The van der Waals surface area contributed by atoms with Crippen LogP contribution in [0.25, 0.3) is 0 Å². The van der Waals surface area contributed by atoms with E-state index in [0.29, 0.717) is 4.48 Å². The number of quaternary nitrogens is 1. The van der Waals surface area contributed by atoms with Gasteiger partial charge in [0, 0.05) is 0 Å². The Morgan fingerprint density at radius 1 is 0.217 bits per heavy atom. The molecule has 0 radical (unpaired) electrons. The van der Waals surface area contributed by atoms with E-state index in [1.54, 1.807) is 0 Å². The fraction of sp³-hybridized carbons (Fsp3) is 1.00. The van der Waals surface area contributed by atoms with Crippen molar-refractivity contribution in [3.63, 3.8) is 0 Å². The van der Waals surface area contributed by atoms with Crippen molar-refractivity contribution in [2.24, 2.45) is 0 Å². The van der Waals surface area contributed by atoms with Crippen LogP contribution in [0.5, 0.6) is 0 Å². The second-order valence-electron chi connectivity index (χ2n) is 23.3. The number of unbranched alkanes of at least 4 members (excludes halogenated alkanes) is 54. The highest BCUT2D eigenvalue weighted by Gasteiger charge is 2.31. The van der Waals surface area contributed by atoms with Gasteiger partial charge in [-0.05, 0) is 38.5 Å². The zero-order valence-corrected chi connectivity index (χ0v) is 49.1. The molecule has 0 bridgehead atoms. The Kier molecular flexibility index (Phi) is 57.0. The maximum atomic E-state index is 12.6. The highest BCUT2D eigenvalue weighted by Crippen LogP contribution is 2.22. The number of hydrogen-bond donors (Lipinski definition) is 1. The van der Waals surface area contributed by atoms with Gasteiger partial charge in [0.2, 0.25) is 5.88 Å². The maximum absolute atomic E-state index is 12.6. The summed E-state index contributed by atoms with van der Waals surface area (Å²) >= 11 is 0. The lowest BCUT2D eigenvalue weighted by Crippen LogP contribution is -2.53. The molecule has 0 aliphatic heterocycles.